The topological polar surface area (TPSA) is 0 Å². The van der Waals surface area contributed by atoms with Crippen molar-refractivity contribution in [3.05, 3.63) is 11.8 Å². The largest absolute Gasteiger partial charge is 0.201 e. The van der Waals surface area contributed by atoms with E-state index in [2.05, 4.69) is 0 Å². The highest BCUT2D eigenvalue weighted by molar-refractivity contribution is 6.06. The molecule has 0 saturated heterocycles. The lowest BCUT2D eigenvalue weighted by Gasteiger charge is -2.11. The Hall–Kier alpha value is -0.0100. The van der Waals surface area contributed by atoms with Crippen LogP contribution in [0.25, 0.3) is 0 Å². The fraction of sp³-hybridized carbons (Fsp3) is 0.667. The van der Waals surface area contributed by atoms with Crippen LogP contribution in [0.2, 0.25) is 0 Å². The van der Waals surface area contributed by atoms with Crippen molar-refractivity contribution < 1.29 is 4.00 Å². The smallest absolute Gasteiger partial charge is 0.170 e. The van der Waals surface area contributed by atoms with Crippen LogP contribution in [0.15, 0.2) is 11.8 Å². The third-order valence-electron chi connectivity index (χ3n) is 0.565. The van der Waals surface area contributed by atoms with Crippen LogP contribution in [0.3, 0.4) is 0 Å². The first-order chi connectivity index (χ1) is 3.42. The molecule has 8 heavy (non-hydrogen) atoms. The first-order valence-corrected chi connectivity index (χ1v) is 2.95. The molecule has 0 aliphatic rings. The van der Waals surface area contributed by atoms with E-state index >= 15 is 0 Å². The van der Waals surface area contributed by atoms with E-state index in [4.69, 9.17) is 11.8 Å². The standard InChI is InChI=1S/C6H13ClN/c1-6(2)5-8(3,4)7/h5H,1-4H3/q+1. The van der Waals surface area contributed by atoms with Gasteiger partial charge in [0.15, 0.2) is 11.8 Å². The van der Waals surface area contributed by atoms with Crippen LogP contribution in [-0.4, -0.2) is 18.1 Å². The maximum Gasteiger partial charge on any atom is 0.170 e. The summed E-state index contributed by atoms with van der Waals surface area (Å²) < 4.78 is 0.391. The van der Waals surface area contributed by atoms with Gasteiger partial charge in [0.1, 0.15) is 6.20 Å². The number of hydrogen-bond acceptors (Lipinski definition) is 0. The summed E-state index contributed by atoms with van der Waals surface area (Å²) in [6.45, 7) is 4.06. The monoisotopic (exact) mass is 134 g/mol. The SMILES string of the molecule is CC(C)=C[N+](C)(C)Cl. The molecule has 0 rings (SSSR count). The molecule has 0 amide bonds. The van der Waals surface area contributed by atoms with E-state index < -0.39 is 0 Å². The molecule has 0 atom stereocenters. The molecule has 1 nitrogen and oxygen atoms in total. The Labute approximate surface area is 56.3 Å². The second kappa shape index (κ2) is 2.51. The van der Waals surface area contributed by atoms with Crippen molar-refractivity contribution in [2.24, 2.45) is 0 Å². The third kappa shape index (κ3) is 5.99. The number of allylic oxidation sites excluding steroid dienone is 1. The summed E-state index contributed by atoms with van der Waals surface area (Å²) in [7, 11) is 3.82. The lowest BCUT2D eigenvalue weighted by atomic mass is 10.4. The molecule has 0 radical (unpaired) electrons. The molecular weight excluding hydrogens is 122 g/mol. The second-order valence-corrected chi connectivity index (χ2v) is 3.48. The van der Waals surface area contributed by atoms with E-state index in [9.17, 15) is 0 Å². The average molecular weight is 135 g/mol. The van der Waals surface area contributed by atoms with Crippen molar-refractivity contribution in [2.75, 3.05) is 14.1 Å². The van der Waals surface area contributed by atoms with Gasteiger partial charge >= 0.3 is 0 Å². The molecule has 48 valence electrons. The van der Waals surface area contributed by atoms with Gasteiger partial charge in [0, 0.05) is 0 Å². The Bertz CT molecular complexity index is 95.6. The molecule has 0 aliphatic heterocycles. The average Bonchev–Trinajstić information content (AvgIpc) is 1.21. The van der Waals surface area contributed by atoms with Gasteiger partial charge in [-0.25, -0.2) is 4.00 Å². The van der Waals surface area contributed by atoms with Crippen LogP contribution in [0.1, 0.15) is 13.8 Å². The van der Waals surface area contributed by atoms with Crippen LogP contribution in [0, 0.1) is 0 Å². The number of halogens is 1. The maximum atomic E-state index is 5.79. The highest BCUT2D eigenvalue weighted by atomic mass is 35.5. The normalized spacial score (nSPS) is 11.1. The van der Waals surface area contributed by atoms with Crippen molar-refractivity contribution in [3.8, 4) is 0 Å². The summed E-state index contributed by atoms with van der Waals surface area (Å²) in [6, 6.07) is 0. The summed E-state index contributed by atoms with van der Waals surface area (Å²) >= 11 is 5.79. The summed E-state index contributed by atoms with van der Waals surface area (Å²) in [5.74, 6) is 0. The Morgan fingerprint density at radius 1 is 1.38 bits per heavy atom. The summed E-state index contributed by atoms with van der Waals surface area (Å²) in [6.07, 6.45) is 1.97. The molecule has 2 heteroatoms. The van der Waals surface area contributed by atoms with Gasteiger partial charge in [0.2, 0.25) is 0 Å². The van der Waals surface area contributed by atoms with E-state index in [0.717, 1.165) is 0 Å². The van der Waals surface area contributed by atoms with E-state index in [-0.39, 0.29) is 0 Å². The first kappa shape index (κ1) is 7.99. The van der Waals surface area contributed by atoms with Gasteiger partial charge in [0.25, 0.3) is 0 Å². The van der Waals surface area contributed by atoms with Gasteiger partial charge < -0.3 is 0 Å². The first-order valence-electron chi connectivity index (χ1n) is 2.61. The molecular formula is C6H13ClN+. The van der Waals surface area contributed by atoms with Crippen molar-refractivity contribution in [1.29, 1.82) is 0 Å². The van der Waals surface area contributed by atoms with Crippen molar-refractivity contribution >= 4 is 11.8 Å². The Kier molecular flexibility index (Phi) is 2.51. The fourth-order valence-corrected chi connectivity index (χ4v) is 0.809. The molecule has 0 heterocycles. The number of hydrogen-bond donors (Lipinski definition) is 0. The van der Waals surface area contributed by atoms with Crippen LogP contribution in [0.4, 0.5) is 0 Å². The molecule has 0 spiro atoms. The van der Waals surface area contributed by atoms with Gasteiger partial charge in [-0.2, -0.15) is 0 Å². The van der Waals surface area contributed by atoms with Gasteiger partial charge in [-0.1, -0.05) is 0 Å². The van der Waals surface area contributed by atoms with E-state index in [1.807, 2.05) is 34.1 Å². The highest BCUT2D eigenvalue weighted by Crippen LogP contribution is 2.05. The van der Waals surface area contributed by atoms with E-state index in [1.54, 1.807) is 0 Å². The van der Waals surface area contributed by atoms with Crippen LogP contribution >= 0.6 is 11.8 Å². The van der Waals surface area contributed by atoms with Gasteiger partial charge in [-0.05, 0) is 19.4 Å². The van der Waals surface area contributed by atoms with Crippen molar-refractivity contribution in [1.82, 2.24) is 0 Å². The van der Waals surface area contributed by atoms with E-state index in [0.29, 0.717) is 4.00 Å². The lowest BCUT2D eigenvalue weighted by molar-refractivity contribution is -0.713. The molecule has 0 aromatic carbocycles. The Balaban J connectivity index is 3.89. The number of rotatable bonds is 1. The summed E-state index contributed by atoms with van der Waals surface area (Å²) in [5, 5.41) is 0. The molecule has 0 N–H and O–H groups in total. The van der Waals surface area contributed by atoms with Crippen LogP contribution < -0.4 is 0 Å². The minimum absolute atomic E-state index is 0.391. The van der Waals surface area contributed by atoms with Gasteiger partial charge in [-0.15, -0.1) is 0 Å². The Morgan fingerprint density at radius 2 is 1.75 bits per heavy atom. The molecule has 0 aromatic rings. The predicted molar refractivity (Wildman–Crippen MR) is 37.4 cm³/mol. The number of quaternary nitrogens is 1. The molecule has 0 aromatic heterocycles. The summed E-state index contributed by atoms with van der Waals surface area (Å²) in [4.78, 5) is 0. The molecule has 0 aliphatic carbocycles. The zero-order chi connectivity index (χ0) is 6.78. The van der Waals surface area contributed by atoms with Crippen molar-refractivity contribution in [2.45, 2.75) is 13.8 Å². The third-order valence-corrected chi connectivity index (χ3v) is 0.663. The second-order valence-electron chi connectivity index (χ2n) is 2.61. The van der Waals surface area contributed by atoms with Crippen molar-refractivity contribution in [3.63, 3.8) is 0 Å². The zero-order valence-corrected chi connectivity index (χ0v) is 6.66. The molecule has 0 bridgehead atoms. The van der Waals surface area contributed by atoms with Gasteiger partial charge in [-0.3, -0.25) is 0 Å². The van der Waals surface area contributed by atoms with Crippen LogP contribution in [-0.2, 0) is 0 Å². The quantitative estimate of drug-likeness (QED) is 0.482. The van der Waals surface area contributed by atoms with Gasteiger partial charge in [0.05, 0.1) is 14.1 Å². The Morgan fingerprint density at radius 3 is 1.75 bits per heavy atom. The fourth-order valence-electron chi connectivity index (χ4n) is 0.614. The molecule has 0 fully saturated rings. The minimum atomic E-state index is 0.391. The lowest BCUT2D eigenvalue weighted by Crippen LogP contribution is -2.19. The molecule has 0 saturated carbocycles. The van der Waals surface area contributed by atoms with Crippen LogP contribution in [0.5, 0.6) is 0 Å². The molecule has 0 unspecified atom stereocenters. The number of nitrogens with zero attached hydrogens (tertiary/aromatic N) is 1. The van der Waals surface area contributed by atoms with E-state index in [1.165, 1.54) is 5.57 Å². The minimum Gasteiger partial charge on any atom is -0.201 e. The maximum absolute atomic E-state index is 5.79. The highest BCUT2D eigenvalue weighted by Gasteiger charge is 2.04. The predicted octanol–water partition coefficient (Wildman–Crippen LogP) is 2.14. The zero-order valence-electron chi connectivity index (χ0n) is 5.90. The summed E-state index contributed by atoms with van der Waals surface area (Å²) in [5.41, 5.74) is 1.24.